The number of nitrogens with one attached hydrogen (secondary N) is 1. The number of primary sulfonamides is 1. The SMILES string of the molecule is Cc1nc(N2CCO[C@H](C(F)F)C2)c(C(=O)Nc2ccnc(S(N)(=O)=O)c2)cc1Cl. The van der Waals surface area contributed by atoms with Crippen molar-refractivity contribution in [2.45, 2.75) is 24.5 Å². The van der Waals surface area contributed by atoms with Crippen LogP contribution in [0.25, 0.3) is 0 Å². The summed E-state index contributed by atoms with van der Waals surface area (Å²) in [6, 6.07) is 3.85. The second-order valence-electron chi connectivity index (χ2n) is 6.50. The van der Waals surface area contributed by atoms with Crippen molar-refractivity contribution in [3.8, 4) is 0 Å². The van der Waals surface area contributed by atoms with E-state index in [9.17, 15) is 22.0 Å². The van der Waals surface area contributed by atoms with Gasteiger partial charge in [-0.3, -0.25) is 4.79 Å². The molecule has 0 bridgehead atoms. The molecule has 3 N–H and O–H groups in total. The first-order valence-corrected chi connectivity index (χ1v) is 10.6. The molecule has 0 radical (unpaired) electrons. The number of pyridine rings is 2. The third kappa shape index (κ3) is 5.01. The fourth-order valence-electron chi connectivity index (χ4n) is 2.84. The highest BCUT2D eigenvalue weighted by atomic mass is 35.5. The molecule has 1 amide bonds. The van der Waals surface area contributed by atoms with E-state index >= 15 is 0 Å². The van der Waals surface area contributed by atoms with E-state index in [1.165, 1.54) is 23.2 Å². The number of nitrogens with zero attached hydrogens (tertiary/aromatic N) is 3. The summed E-state index contributed by atoms with van der Waals surface area (Å²) >= 11 is 6.12. The van der Waals surface area contributed by atoms with Gasteiger partial charge in [0.15, 0.2) is 5.03 Å². The first-order valence-electron chi connectivity index (χ1n) is 8.68. The number of hydrogen-bond acceptors (Lipinski definition) is 7. The van der Waals surface area contributed by atoms with Crippen molar-refractivity contribution in [2.75, 3.05) is 29.9 Å². The molecular weight excluding hydrogens is 444 g/mol. The van der Waals surface area contributed by atoms with Crippen LogP contribution in [0.15, 0.2) is 29.4 Å². The highest BCUT2D eigenvalue weighted by molar-refractivity contribution is 7.89. The molecule has 30 heavy (non-hydrogen) atoms. The number of rotatable bonds is 5. The van der Waals surface area contributed by atoms with Crippen LogP contribution in [0, 0.1) is 6.92 Å². The molecule has 1 atom stereocenters. The van der Waals surface area contributed by atoms with Gasteiger partial charge in [0.1, 0.15) is 11.9 Å². The maximum Gasteiger partial charge on any atom is 0.266 e. The summed E-state index contributed by atoms with van der Waals surface area (Å²) < 4.78 is 54.2. The minimum atomic E-state index is -4.07. The van der Waals surface area contributed by atoms with Gasteiger partial charge in [0.2, 0.25) is 0 Å². The lowest BCUT2D eigenvalue weighted by atomic mass is 10.1. The lowest BCUT2D eigenvalue weighted by molar-refractivity contribution is -0.0615. The van der Waals surface area contributed by atoms with Crippen LogP contribution in [0.3, 0.4) is 0 Å². The van der Waals surface area contributed by atoms with E-state index < -0.39 is 33.5 Å². The Labute approximate surface area is 176 Å². The molecule has 9 nitrogen and oxygen atoms in total. The molecule has 3 heterocycles. The lowest BCUT2D eigenvalue weighted by Gasteiger charge is -2.34. The predicted octanol–water partition coefficient (Wildman–Crippen LogP) is 1.81. The van der Waals surface area contributed by atoms with E-state index in [0.29, 0.717) is 5.69 Å². The summed E-state index contributed by atoms with van der Waals surface area (Å²) in [6.07, 6.45) is -2.83. The van der Waals surface area contributed by atoms with Crippen LogP contribution in [0.1, 0.15) is 16.1 Å². The summed E-state index contributed by atoms with van der Waals surface area (Å²) in [7, 11) is -4.07. The fourth-order valence-corrected chi connectivity index (χ4v) is 3.49. The third-order valence-electron chi connectivity index (χ3n) is 4.33. The van der Waals surface area contributed by atoms with Crippen molar-refractivity contribution in [1.82, 2.24) is 9.97 Å². The van der Waals surface area contributed by atoms with Gasteiger partial charge < -0.3 is 15.0 Å². The molecule has 1 aliphatic heterocycles. The molecule has 1 aliphatic rings. The molecule has 2 aromatic rings. The van der Waals surface area contributed by atoms with Crippen LogP contribution >= 0.6 is 11.6 Å². The van der Waals surface area contributed by atoms with E-state index in [4.69, 9.17) is 21.5 Å². The highest BCUT2D eigenvalue weighted by Gasteiger charge is 2.31. The smallest absolute Gasteiger partial charge is 0.266 e. The molecule has 0 aromatic carbocycles. The van der Waals surface area contributed by atoms with Crippen molar-refractivity contribution in [3.05, 3.63) is 40.7 Å². The van der Waals surface area contributed by atoms with Gasteiger partial charge in [-0.2, -0.15) is 0 Å². The van der Waals surface area contributed by atoms with Gasteiger partial charge in [0, 0.05) is 24.5 Å². The summed E-state index contributed by atoms with van der Waals surface area (Å²) in [4.78, 5) is 22.4. The number of hydrogen-bond donors (Lipinski definition) is 2. The summed E-state index contributed by atoms with van der Waals surface area (Å²) in [6.45, 7) is 1.76. The molecule has 1 saturated heterocycles. The highest BCUT2D eigenvalue weighted by Crippen LogP contribution is 2.28. The minimum absolute atomic E-state index is 0.0366. The van der Waals surface area contributed by atoms with Crippen LogP contribution < -0.4 is 15.4 Å². The van der Waals surface area contributed by atoms with Gasteiger partial charge >= 0.3 is 0 Å². The Morgan fingerprint density at radius 1 is 1.43 bits per heavy atom. The van der Waals surface area contributed by atoms with Crippen LogP contribution in [0.2, 0.25) is 5.02 Å². The average molecular weight is 462 g/mol. The number of sulfonamides is 1. The second-order valence-corrected chi connectivity index (χ2v) is 8.41. The predicted molar refractivity (Wildman–Crippen MR) is 106 cm³/mol. The number of ether oxygens (including phenoxy) is 1. The van der Waals surface area contributed by atoms with Crippen LogP contribution in [0.5, 0.6) is 0 Å². The van der Waals surface area contributed by atoms with Gasteiger partial charge in [-0.1, -0.05) is 11.6 Å². The average Bonchev–Trinajstić information content (AvgIpc) is 2.69. The maximum absolute atomic E-state index is 13.1. The quantitative estimate of drug-likeness (QED) is 0.694. The fraction of sp³-hybridized carbons (Fsp3) is 0.353. The first-order chi connectivity index (χ1) is 14.1. The van der Waals surface area contributed by atoms with Crippen LogP contribution in [-0.4, -0.2) is 56.5 Å². The number of carbonyl (C=O) groups is 1. The summed E-state index contributed by atoms with van der Waals surface area (Å²) in [5.74, 6) is -0.491. The van der Waals surface area contributed by atoms with Crippen LogP contribution in [0.4, 0.5) is 20.3 Å². The van der Waals surface area contributed by atoms with Gasteiger partial charge in [-0.25, -0.2) is 32.3 Å². The number of aryl methyl sites for hydroxylation is 1. The number of anilines is 2. The monoisotopic (exact) mass is 461 g/mol. The zero-order chi connectivity index (χ0) is 22.1. The van der Waals surface area contributed by atoms with Crippen molar-refractivity contribution in [3.63, 3.8) is 0 Å². The summed E-state index contributed by atoms with van der Waals surface area (Å²) in [5.41, 5.74) is 0.576. The molecule has 3 rings (SSSR count). The number of halogens is 3. The van der Waals surface area contributed by atoms with Gasteiger partial charge in [0.25, 0.3) is 22.4 Å². The Morgan fingerprint density at radius 2 is 2.17 bits per heavy atom. The zero-order valence-corrected chi connectivity index (χ0v) is 17.3. The van der Waals surface area contributed by atoms with E-state index in [1.807, 2.05) is 0 Å². The van der Waals surface area contributed by atoms with Gasteiger partial charge in [-0.15, -0.1) is 0 Å². The Bertz CT molecular complexity index is 1070. The minimum Gasteiger partial charge on any atom is -0.369 e. The zero-order valence-electron chi connectivity index (χ0n) is 15.7. The van der Waals surface area contributed by atoms with Crippen molar-refractivity contribution in [2.24, 2.45) is 5.14 Å². The van der Waals surface area contributed by atoms with E-state index in [1.54, 1.807) is 6.92 Å². The van der Waals surface area contributed by atoms with Crippen LogP contribution in [-0.2, 0) is 14.8 Å². The van der Waals surface area contributed by atoms with Gasteiger partial charge in [-0.05, 0) is 19.1 Å². The number of morpholine rings is 1. The number of carbonyl (C=O) groups excluding carboxylic acids is 1. The molecule has 1 fully saturated rings. The van der Waals surface area contributed by atoms with E-state index in [0.717, 1.165) is 6.07 Å². The lowest BCUT2D eigenvalue weighted by Crippen LogP contribution is -2.46. The Balaban J connectivity index is 1.93. The molecular formula is C17H18ClF2N5O4S. The second kappa shape index (κ2) is 8.76. The third-order valence-corrected chi connectivity index (χ3v) is 5.52. The molecule has 162 valence electrons. The Hall–Kier alpha value is -2.41. The van der Waals surface area contributed by atoms with Crippen molar-refractivity contribution in [1.29, 1.82) is 0 Å². The molecule has 2 aromatic heterocycles. The van der Waals surface area contributed by atoms with E-state index in [2.05, 4.69) is 15.3 Å². The Morgan fingerprint density at radius 3 is 2.83 bits per heavy atom. The topological polar surface area (TPSA) is 128 Å². The number of alkyl halides is 2. The molecule has 0 spiro atoms. The van der Waals surface area contributed by atoms with Crippen molar-refractivity contribution < 1.29 is 26.7 Å². The molecule has 0 saturated carbocycles. The number of aromatic nitrogens is 2. The van der Waals surface area contributed by atoms with Crippen molar-refractivity contribution >= 4 is 39.0 Å². The number of nitrogens with two attached hydrogens (primary N) is 1. The van der Waals surface area contributed by atoms with E-state index in [-0.39, 0.29) is 41.8 Å². The Kier molecular flexibility index (Phi) is 6.50. The molecule has 0 aliphatic carbocycles. The van der Waals surface area contributed by atoms with Gasteiger partial charge in [0.05, 0.1) is 29.4 Å². The number of amides is 1. The largest absolute Gasteiger partial charge is 0.369 e. The standard InChI is InChI=1S/C17H18ClF2N5O4S/c1-9-12(18)7-11(16(23-9)25-4-5-29-13(8-25)15(19)20)17(26)24-10-2-3-22-14(6-10)30(21,27)28/h2-3,6-7,13,15H,4-5,8H2,1H3,(H2,21,27,28)(H,22,24,26)/t13-/m0/s1. The molecule has 0 unspecified atom stereocenters. The normalized spacial score (nSPS) is 17.3. The molecule has 13 heteroatoms. The first kappa shape index (κ1) is 22.3. The maximum atomic E-state index is 13.1. The summed E-state index contributed by atoms with van der Waals surface area (Å²) in [5, 5.41) is 7.37.